The Balaban J connectivity index is 1.10. The Labute approximate surface area is 370 Å². The third kappa shape index (κ3) is 5.34. The van der Waals surface area contributed by atoms with Gasteiger partial charge in [0.2, 0.25) is 0 Å². The highest BCUT2D eigenvalue weighted by Crippen LogP contribution is 2.58. The van der Waals surface area contributed by atoms with E-state index in [4.69, 9.17) is 8.83 Å². The maximum atomic E-state index is 6.97. The van der Waals surface area contributed by atoms with Crippen LogP contribution in [-0.2, 0) is 5.41 Å². The summed E-state index contributed by atoms with van der Waals surface area (Å²) in [6.45, 7) is 0. The molecule has 12 aromatic rings. The maximum absolute atomic E-state index is 6.97. The predicted molar refractivity (Wildman–Crippen MR) is 264 cm³/mol. The Hall–Kier alpha value is -8.40. The Morgan fingerprint density at radius 3 is 1.66 bits per heavy atom. The van der Waals surface area contributed by atoms with Crippen LogP contribution in [0.4, 0.5) is 17.1 Å². The Kier molecular flexibility index (Phi) is 8.13. The van der Waals surface area contributed by atoms with Gasteiger partial charge in [-0.1, -0.05) is 188 Å². The van der Waals surface area contributed by atoms with Gasteiger partial charge >= 0.3 is 0 Å². The number of nitrogens with zero attached hydrogens (tertiary/aromatic N) is 1. The zero-order valence-corrected chi connectivity index (χ0v) is 34.8. The van der Waals surface area contributed by atoms with Crippen molar-refractivity contribution >= 4 is 60.9 Å². The number of para-hydroxylation sites is 2. The van der Waals surface area contributed by atoms with E-state index in [2.05, 4.69) is 229 Å². The summed E-state index contributed by atoms with van der Waals surface area (Å²) in [5.41, 5.74) is 17.9. The van der Waals surface area contributed by atoms with E-state index in [1.165, 1.54) is 33.4 Å². The molecule has 10 aromatic carbocycles. The average molecular weight is 818 g/mol. The molecule has 0 amide bonds. The molecule has 0 atom stereocenters. The third-order valence-corrected chi connectivity index (χ3v) is 13.3. The SMILES string of the molecule is c1ccc(-c2ccccc2N(c2ccc3c(c2)C(c2ccccc2)(c2ccccc2)c2ccccc2-3)c2ccc3oc4c(-c5ccccc5)c5c(cc4c3c2)oc2ccccc25)cc1. The van der Waals surface area contributed by atoms with Crippen LogP contribution in [0.25, 0.3) is 77.3 Å². The minimum absolute atomic E-state index is 0.550. The van der Waals surface area contributed by atoms with Gasteiger partial charge in [0.25, 0.3) is 0 Å². The van der Waals surface area contributed by atoms with Gasteiger partial charge in [0, 0.05) is 44.0 Å². The first-order valence-corrected chi connectivity index (χ1v) is 21.9. The first-order valence-electron chi connectivity index (χ1n) is 21.9. The summed E-state index contributed by atoms with van der Waals surface area (Å²) in [6, 6.07) is 85.2. The van der Waals surface area contributed by atoms with Gasteiger partial charge in [-0.3, -0.25) is 0 Å². The lowest BCUT2D eigenvalue weighted by Gasteiger charge is -2.35. The van der Waals surface area contributed by atoms with Gasteiger partial charge in [0.05, 0.1) is 11.1 Å². The van der Waals surface area contributed by atoms with E-state index < -0.39 is 5.41 Å². The Morgan fingerprint density at radius 1 is 0.344 bits per heavy atom. The van der Waals surface area contributed by atoms with E-state index in [9.17, 15) is 0 Å². The zero-order chi connectivity index (χ0) is 42.2. The third-order valence-electron chi connectivity index (χ3n) is 13.3. The summed E-state index contributed by atoms with van der Waals surface area (Å²) in [5, 5.41) is 4.16. The second-order valence-electron chi connectivity index (χ2n) is 16.7. The fourth-order valence-electron chi connectivity index (χ4n) is 10.7. The molecule has 2 heterocycles. The molecule has 1 aliphatic rings. The second-order valence-corrected chi connectivity index (χ2v) is 16.7. The lowest BCUT2D eigenvalue weighted by molar-refractivity contribution is 0.664. The van der Waals surface area contributed by atoms with E-state index >= 15 is 0 Å². The van der Waals surface area contributed by atoms with Crippen molar-refractivity contribution in [2.45, 2.75) is 5.41 Å². The van der Waals surface area contributed by atoms with Crippen molar-refractivity contribution in [2.75, 3.05) is 4.90 Å². The van der Waals surface area contributed by atoms with Gasteiger partial charge < -0.3 is 13.7 Å². The van der Waals surface area contributed by atoms with Gasteiger partial charge in [0.1, 0.15) is 22.3 Å². The predicted octanol–water partition coefficient (Wildman–Crippen LogP) is 16.7. The van der Waals surface area contributed by atoms with Crippen molar-refractivity contribution < 1.29 is 8.83 Å². The number of furan rings is 2. The number of benzene rings is 10. The Morgan fingerprint density at radius 2 is 0.906 bits per heavy atom. The summed E-state index contributed by atoms with van der Waals surface area (Å²) >= 11 is 0. The van der Waals surface area contributed by atoms with Crippen molar-refractivity contribution in [1.29, 1.82) is 0 Å². The molecule has 3 nitrogen and oxygen atoms in total. The van der Waals surface area contributed by atoms with Crippen molar-refractivity contribution in [3.8, 4) is 33.4 Å². The number of anilines is 3. The van der Waals surface area contributed by atoms with E-state index in [0.29, 0.717) is 0 Å². The fourth-order valence-corrected chi connectivity index (χ4v) is 10.7. The number of hydrogen-bond donors (Lipinski definition) is 0. The van der Waals surface area contributed by atoms with Crippen LogP contribution in [0, 0.1) is 0 Å². The standard InChI is InChI=1S/C61H39NO2/c1-5-19-40(20-6-1)46-27-14-17-31-54(46)62(45-33-35-48-47-28-13-16-30-52(47)61(53(48)38-45,42-23-9-3-10-24-42)43-25-11-4-12-26-43)44-34-36-56-50(37-44)51-39-57-59(49-29-15-18-32-55(49)63-57)58(60(51)64-56)41-21-7-2-8-22-41/h1-39H. The van der Waals surface area contributed by atoms with Crippen LogP contribution in [-0.4, -0.2) is 0 Å². The van der Waals surface area contributed by atoms with Crippen molar-refractivity contribution in [3.63, 3.8) is 0 Å². The molecular weight excluding hydrogens is 779 g/mol. The maximum Gasteiger partial charge on any atom is 0.144 e. The minimum atomic E-state index is -0.550. The van der Waals surface area contributed by atoms with Gasteiger partial charge in [0.15, 0.2) is 0 Å². The highest BCUT2D eigenvalue weighted by Gasteiger charge is 2.46. The van der Waals surface area contributed by atoms with Gasteiger partial charge in [-0.25, -0.2) is 0 Å². The molecular formula is C61H39NO2. The van der Waals surface area contributed by atoms with Gasteiger partial charge in [-0.05, 0) is 93.0 Å². The van der Waals surface area contributed by atoms with E-state index in [1.54, 1.807) is 0 Å². The second kappa shape index (κ2) is 14.3. The first-order chi connectivity index (χ1) is 31.8. The monoisotopic (exact) mass is 817 g/mol. The summed E-state index contributed by atoms with van der Waals surface area (Å²) in [4.78, 5) is 2.43. The molecule has 0 spiro atoms. The molecule has 0 bridgehead atoms. The lowest BCUT2D eigenvalue weighted by atomic mass is 9.67. The van der Waals surface area contributed by atoms with Crippen LogP contribution in [0.15, 0.2) is 245 Å². The summed E-state index contributed by atoms with van der Waals surface area (Å²) in [5.74, 6) is 0. The normalized spacial score (nSPS) is 12.8. The summed E-state index contributed by atoms with van der Waals surface area (Å²) < 4.78 is 13.6. The molecule has 0 radical (unpaired) electrons. The van der Waals surface area contributed by atoms with Crippen molar-refractivity contribution in [2.24, 2.45) is 0 Å². The van der Waals surface area contributed by atoms with Gasteiger partial charge in [-0.2, -0.15) is 0 Å². The molecule has 0 fully saturated rings. The van der Waals surface area contributed by atoms with Crippen LogP contribution < -0.4 is 4.90 Å². The van der Waals surface area contributed by atoms with Crippen LogP contribution in [0.1, 0.15) is 22.3 Å². The number of hydrogen-bond acceptors (Lipinski definition) is 3. The summed E-state index contributed by atoms with van der Waals surface area (Å²) in [7, 11) is 0. The van der Waals surface area contributed by atoms with Crippen molar-refractivity contribution in [1.82, 2.24) is 0 Å². The minimum Gasteiger partial charge on any atom is -0.456 e. The quantitative estimate of drug-likeness (QED) is 0.160. The first kappa shape index (κ1) is 36.3. The largest absolute Gasteiger partial charge is 0.456 e. The van der Waals surface area contributed by atoms with E-state index in [1.807, 2.05) is 12.1 Å². The van der Waals surface area contributed by atoms with E-state index in [-0.39, 0.29) is 0 Å². The Bertz CT molecular complexity index is 3680. The molecule has 0 N–H and O–H groups in total. The van der Waals surface area contributed by atoms with Crippen molar-refractivity contribution in [3.05, 3.63) is 259 Å². The molecule has 2 aromatic heterocycles. The zero-order valence-electron chi connectivity index (χ0n) is 34.8. The van der Waals surface area contributed by atoms with Gasteiger partial charge in [-0.15, -0.1) is 0 Å². The number of rotatable bonds is 7. The smallest absolute Gasteiger partial charge is 0.144 e. The van der Waals surface area contributed by atoms with Crippen LogP contribution in [0.2, 0.25) is 0 Å². The number of fused-ring (bicyclic) bond motifs is 9. The molecule has 300 valence electrons. The molecule has 64 heavy (non-hydrogen) atoms. The molecule has 0 saturated heterocycles. The topological polar surface area (TPSA) is 29.5 Å². The fraction of sp³-hybridized carbons (Fsp3) is 0.0164. The molecule has 3 heteroatoms. The average Bonchev–Trinajstić information content (AvgIpc) is 4.02. The molecule has 0 unspecified atom stereocenters. The highest BCUT2D eigenvalue weighted by atomic mass is 16.3. The van der Waals surface area contributed by atoms with Crippen LogP contribution in [0.5, 0.6) is 0 Å². The molecule has 1 aliphatic carbocycles. The van der Waals surface area contributed by atoms with Crippen LogP contribution in [0.3, 0.4) is 0 Å². The molecule has 0 saturated carbocycles. The van der Waals surface area contributed by atoms with E-state index in [0.717, 1.165) is 83.2 Å². The molecule has 13 rings (SSSR count). The molecule has 0 aliphatic heterocycles. The highest BCUT2D eigenvalue weighted by molar-refractivity contribution is 6.23. The summed E-state index contributed by atoms with van der Waals surface area (Å²) in [6.07, 6.45) is 0. The van der Waals surface area contributed by atoms with Crippen LogP contribution >= 0.6 is 0 Å². The lowest BCUT2D eigenvalue weighted by Crippen LogP contribution is -2.28.